The van der Waals surface area contributed by atoms with E-state index in [1.165, 1.54) is 0 Å². The van der Waals surface area contributed by atoms with Gasteiger partial charge >= 0.3 is 0 Å². The molecule has 24 heavy (non-hydrogen) atoms. The molecule has 0 saturated heterocycles. The Morgan fingerprint density at radius 3 is 2.33 bits per heavy atom. The lowest BCUT2D eigenvalue weighted by Gasteiger charge is -2.34. The Bertz CT molecular complexity index is 598. The predicted octanol–water partition coefficient (Wildman–Crippen LogP) is 4.15. The molecule has 0 fully saturated rings. The summed E-state index contributed by atoms with van der Waals surface area (Å²) >= 11 is 0. The summed E-state index contributed by atoms with van der Waals surface area (Å²) in [4.78, 5) is 14.5. The van der Waals surface area contributed by atoms with Crippen molar-refractivity contribution >= 4 is 5.91 Å². The Hall–Kier alpha value is -1.97. The van der Waals surface area contributed by atoms with Gasteiger partial charge in [0.2, 0.25) is 0 Å². The third-order valence-electron chi connectivity index (χ3n) is 4.30. The number of amides is 1. The predicted molar refractivity (Wildman–Crippen MR) is 95.7 cm³/mol. The summed E-state index contributed by atoms with van der Waals surface area (Å²) in [6.45, 7) is 10.9. The van der Waals surface area contributed by atoms with Crippen LogP contribution in [0.1, 0.15) is 46.6 Å². The molecule has 0 spiro atoms. The molecule has 2 rings (SSSR count). The monoisotopic (exact) mass is 331 g/mol. The van der Waals surface area contributed by atoms with Gasteiger partial charge in [0.05, 0.1) is 13.2 Å². The molecule has 0 bridgehead atoms. The molecule has 4 heteroatoms. The van der Waals surface area contributed by atoms with Crippen LogP contribution in [0.5, 0.6) is 5.75 Å². The van der Waals surface area contributed by atoms with Gasteiger partial charge in [0, 0.05) is 12.6 Å². The van der Waals surface area contributed by atoms with Crippen LogP contribution in [0.2, 0.25) is 0 Å². The van der Waals surface area contributed by atoms with Crippen LogP contribution in [0.4, 0.5) is 0 Å². The van der Waals surface area contributed by atoms with Crippen molar-refractivity contribution in [3.63, 3.8) is 0 Å². The van der Waals surface area contributed by atoms with Gasteiger partial charge in [0.15, 0.2) is 0 Å². The van der Waals surface area contributed by atoms with Gasteiger partial charge in [-0.3, -0.25) is 4.79 Å². The zero-order valence-electron chi connectivity index (χ0n) is 15.6. The van der Waals surface area contributed by atoms with Crippen LogP contribution in [0, 0.1) is 5.92 Å². The van der Waals surface area contributed by atoms with Crippen molar-refractivity contribution in [1.82, 2.24) is 4.90 Å². The fourth-order valence-corrected chi connectivity index (χ4v) is 2.94. The molecule has 0 aromatic heterocycles. The van der Waals surface area contributed by atoms with E-state index in [0.717, 1.165) is 23.5 Å². The first kappa shape index (κ1) is 18.4. The number of benzene rings is 1. The van der Waals surface area contributed by atoms with Crippen molar-refractivity contribution in [2.24, 2.45) is 5.92 Å². The van der Waals surface area contributed by atoms with E-state index < -0.39 is 0 Å². The smallest absolute Gasteiger partial charge is 0.250 e. The molecule has 1 amide bonds. The van der Waals surface area contributed by atoms with Gasteiger partial charge in [-0.25, -0.2) is 0 Å². The molecule has 1 aliphatic rings. The molecule has 1 aromatic carbocycles. The normalized spacial score (nSPS) is 19.2. The highest BCUT2D eigenvalue weighted by molar-refractivity contribution is 5.91. The third-order valence-corrected chi connectivity index (χ3v) is 4.30. The van der Waals surface area contributed by atoms with Crippen LogP contribution in [0.3, 0.4) is 0 Å². The van der Waals surface area contributed by atoms with Crippen molar-refractivity contribution in [2.75, 3.05) is 7.11 Å². The average molecular weight is 331 g/mol. The number of hydrogen-bond donors (Lipinski definition) is 0. The first-order valence-electron chi connectivity index (χ1n) is 8.59. The van der Waals surface area contributed by atoms with Crippen molar-refractivity contribution in [1.29, 1.82) is 0 Å². The Morgan fingerprint density at radius 1 is 1.21 bits per heavy atom. The Morgan fingerprint density at radius 2 is 1.83 bits per heavy atom. The fourth-order valence-electron chi connectivity index (χ4n) is 2.94. The van der Waals surface area contributed by atoms with Crippen molar-refractivity contribution in [3.05, 3.63) is 41.7 Å². The van der Waals surface area contributed by atoms with Gasteiger partial charge in [0.25, 0.3) is 5.91 Å². The van der Waals surface area contributed by atoms with E-state index in [0.29, 0.717) is 12.5 Å². The molecule has 4 nitrogen and oxygen atoms in total. The van der Waals surface area contributed by atoms with Crippen molar-refractivity contribution in [2.45, 2.75) is 59.2 Å². The number of ether oxygens (including phenoxy) is 2. The highest BCUT2D eigenvalue weighted by atomic mass is 16.5. The lowest BCUT2D eigenvalue weighted by molar-refractivity contribution is -0.128. The first-order valence-corrected chi connectivity index (χ1v) is 8.59. The lowest BCUT2D eigenvalue weighted by Crippen LogP contribution is -2.40. The summed E-state index contributed by atoms with van der Waals surface area (Å²) < 4.78 is 11.3. The van der Waals surface area contributed by atoms with Gasteiger partial charge in [-0.15, -0.1) is 0 Å². The molecule has 0 N–H and O–H groups in total. The SMILES string of the molecule is CC[C@H](C)[C@H]1C(OC(C)(C)C)=CC(=O)N1Cc1ccc(OC)cc1. The van der Waals surface area contributed by atoms with Gasteiger partial charge in [-0.2, -0.15) is 0 Å². The standard InChI is InChI=1S/C20H29NO3/c1-7-14(2)19-17(24-20(3,4)5)12-18(22)21(19)13-15-8-10-16(23-6)11-9-15/h8-12,14,19H,7,13H2,1-6H3/t14-,19-/m0/s1. The molecule has 0 unspecified atom stereocenters. The lowest BCUT2D eigenvalue weighted by atomic mass is 9.97. The fraction of sp³-hybridized carbons (Fsp3) is 0.550. The second-order valence-electron chi connectivity index (χ2n) is 7.41. The van der Waals surface area contributed by atoms with Gasteiger partial charge in [-0.05, 0) is 44.4 Å². The van der Waals surface area contributed by atoms with Crippen LogP contribution in [0.15, 0.2) is 36.1 Å². The number of nitrogens with zero attached hydrogens (tertiary/aromatic N) is 1. The van der Waals surface area contributed by atoms with E-state index >= 15 is 0 Å². The summed E-state index contributed by atoms with van der Waals surface area (Å²) in [7, 11) is 1.65. The molecule has 132 valence electrons. The molecule has 1 aromatic rings. The van der Waals surface area contributed by atoms with Crippen LogP contribution in [0.25, 0.3) is 0 Å². The minimum absolute atomic E-state index is 0.0103. The second-order valence-corrected chi connectivity index (χ2v) is 7.41. The summed E-state index contributed by atoms with van der Waals surface area (Å²) in [5, 5.41) is 0. The van der Waals surface area contributed by atoms with E-state index in [1.807, 2.05) is 49.9 Å². The van der Waals surface area contributed by atoms with E-state index in [2.05, 4.69) is 13.8 Å². The van der Waals surface area contributed by atoms with Gasteiger partial charge < -0.3 is 14.4 Å². The van der Waals surface area contributed by atoms with Crippen LogP contribution in [-0.4, -0.2) is 29.6 Å². The molecule has 1 aliphatic heterocycles. The summed E-state index contributed by atoms with van der Waals surface area (Å²) in [6.07, 6.45) is 2.65. The first-order chi connectivity index (χ1) is 11.2. The van der Waals surface area contributed by atoms with Gasteiger partial charge in [0.1, 0.15) is 17.1 Å². The molecular weight excluding hydrogens is 302 g/mol. The van der Waals surface area contributed by atoms with Crippen LogP contribution in [-0.2, 0) is 16.1 Å². The van der Waals surface area contributed by atoms with E-state index in [-0.39, 0.29) is 17.6 Å². The number of carbonyl (C=O) groups is 1. The molecular formula is C20H29NO3. The summed E-state index contributed by atoms with van der Waals surface area (Å²) in [6, 6.07) is 7.84. The third kappa shape index (κ3) is 4.31. The number of methoxy groups -OCH3 is 1. The molecule has 0 radical (unpaired) electrons. The topological polar surface area (TPSA) is 38.8 Å². The zero-order valence-corrected chi connectivity index (χ0v) is 15.6. The summed E-state index contributed by atoms with van der Waals surface area (Å²) in [5.41, 5.74) is 0.774. The quantitative estimate of drug-likeness (QED) is 0.786. The number of rotatable bonds is 6. The summed E-state index contributed by atoms with van der Waals surface area (Å²) in [5.74, 6) is 1.97. The second kappa shape index (κ2) is 7.29. The highest BCUT2D eigenvalue weighted by Gasteiger charge is 2.38. The molecule has 0 saturated carbocycles. The number of hydrogen-bond acceptors (Lipinski definition) is 3. The van der Waals surface area contributed by atoms with E-state index in [9.17, 15) is 4.79 Å². The zero-order chi connectivity index (χ0) is 17.9. The Kier molecular flexibility index (Phi) is 5.58. The van der Waals surface area contributed by atoms with E-state index in [4.69, 9.17) is 9.47 Å². The van der Waals surface area contributed by atoms with Crippen LogP contribution < -0.4 is 4.74 Å². The Labute approximate surface area is 145 Å². The Balaban J connectivity index is 2.22. The minimum atomic E-state index is -0.312. The maximum atomic E-state index is 12.6. The maximum absolute atomic E-state index is 12.6. The number of carbonyl (C=O) groups excluding carboxylic acids is 1. The van der Waals surface area contributed by atoms with Gasteiger partial charge in [-0.1, -0.05) is 32.4 Å². The van der Waals surface area contributed by atoms with Crippen molar-refractivity contribution < 1.29 is 14.3 Å². The van der Waals surface area contributed by atoms with Crippen molar-refractivity contribution in [3.8, 4) is 5.75 Å². The van der Waals surface area contributed by atoms with E-state index in [1.54, 1.807) is 13.2 Å². The molecule has 2 atom stereocenters. The molecule has 1 heterocycles. The molecule has 0 aliphatic carbocycles. The average Bonchev–Trinajstić information content (AvgIpc) is 2.81. The minimum Gasteiger partial charge on any atom is -0.497 e. The highest BCUT2D eigenvalue weighted by Crippen LogP contribution is 2.32. The largest absolute Gasteiger partial charge is 0.497 e. The maximum Gasteiger partial charge on any atom is 0.250 e. The van der Waals surface area contributed by atoms with Crippen LogP contribution >= 0.6 is 0 Å².